The van der Waals surface area contributed by atoms with E-state index in [1.54, 1.807) is 0 Å². The molecule has 0 radical (unpaired) electrons. The Kier molecular flexibility index (Phi) is 4.66. The van der Waals surface area contributed by atoms with Crippen LogP contribution in [-0.2, 0) is 4.74 Å². The smallest absolute Gasteiger partial charge is 0.308 e. The fraction of sp³-hybridized carbons (Fsp3) is 1.00. The van der Waals surface area contributed by atoms with E-state index in [9.17, 15) is 13.2 Å². The highest BCUT2D eigenvalue weighted by Crippen LogP contribution is 2.34. The van der Waals surface area contributed by atoms with Gasteiger partial charge in [-0.25, -0.2) is 0 Å². The maximum absolute atomic E-state index is 12.1. The van der Waals surface area contributed by atoms with E-state index in [1.807, 2.05) is 0 Å². The Morgan fingerprint density at radius 1 is 1.15 bits per heavy atom. The normalized spacial score (nSPS) is 26.9. The van der Waals surface area contributed by atoms with Crippen LogP contribution < -0.4 is 5.32 Å². The molecule has 0 bridgehead atoms. The largest absolute Gasteiger partial charge is 0.522 e. The third-order valence-electron chi connectivity index (χ3n) is 4.68. The Balaban J connectivity index is 1.93. The van der Waals surface area contributed by atoms with E-state index in [-0.39, 0.29) is 17.7 Å². The van der Waals surface area contributed by atoms with Crippen LogP contribution in [0.5, 0.6) is 0 Å². The van der Waals surface area contributed by atoms with E-state index in [0.717, 1.165) is 25.9 Å². The van der Waals surface area contributed by atoms with E-state index < -0.39 is 6.36 Å². The minimum absolute atomic E-state index is 0.103. The monoisotopic (exact) mass is 294 g/mol. The number of halogens is 3. The first-order chi connectivity index (χ1) is 9.23. The summed E-state index contributed by atoms with van der Waals surface area (Å²) in [6.45, 7) is 5.83. The number of piperazine rings is 1. The van der Waals surface area contributed by atoms with Gasteiger partial charge in [0, 0.05) is 30.7 Å². The quantitative estimate of drug-likeness (QED) is 0.866. The zero-order valence-corrected chi connectivity index (χ0v) is 12.4. The van der Waals surface area contributed by atoms with Gasteiger partial charge in [-0.05, 0) is 26.7 Å². The Morgan fingerprint density at radius 3 is 2.40 bits per heavy atom. The zero-order valence-electron chi connectivity index (χ0n) is 12.4. The van der Waals surface area contributed by atoms with E-state index >= 15 is 0 Å². The van der Waals surface area contributed by atoms with Crippen molar-refractivity contribution in [1.82, 2.24) is 10.2 Å². The van der Waals surface area contributed by atoms with Crippen molar-refractivity contribution in [2.45, 2.75) is 63.4 Å². The van der Waals surface area contributed by atoms with Gasteiger partial charge in [0.15, 0.2) is 0 Å². The first kappa shape index (κ1) is 16.0. The zero-order chi connectivity index (χ0) is 14.9. The highest BCUT2D eigenvalue weighted by atomic mass is 19.4. The van der Waals surface area contributed by atoms with Gasteiger partial charge in [0.25, 0.3) is 0 Å². The highest BCUT2D eigenvalue weighted by molar-refractivity contribution is 5.03. The van der Waals surface area contributed by atoms with E-state index in [2.05, 4.69) is 28.8 Å². The van der Waals surface area contributed by atoms with Crippen molar-refractivity contribution in [3.8, 4) is 0 Å². The summed E-state index contributed by atoms with van der Waals surface area (Å²) in [5.74, 6) is 0. The van der Waals surface area contributed by atoms with Crippen LogP contribution in [0.4, 0.5) is 13.2 Å². The average Bonchev–Trinajstić information content (AvgIpc) is 2.34. The molecule has 3 nitrogen and oxygen atoms in total. The van der Waals surface area contributed by atoms with Crippen LogP contribution in [0, 0.1) is 0 Å². The molecule has 0 aromatic carbocycles. The maximum Gasteiger partial charge on any atom is 0.522 e. The third-order valence-corrected chi connectivity index (χ3v) is 4.68. The van der Waals surface area contributed by atoms with Crippen molar-refractivity contribution in [2.75, 3.05) is 26.2 Å². The first-order valence-electron chi connectivity index (χ1n) is 7.43. The van der Waals surface area contributed by atoms with Crippen LogP contribution >= 0.6 is 0 Å². The van der Waals surface area contributed by atoms with Crippen molar-refractivity contribution < 1.29 is 17.9 Å². The van der Waals surface area contributed by atoms with Gasteiger partial charge in [0.05, 0.1) is 6.61 Å². The summed E-state index contributed by atoms with van der Waals surface area (Å²) in [5.41, 5.74) is -0.0241. The molecule has 1 aliphatic carbocycles. The highest BCUT2D eigenvalue weighted by Gasteiger charge is 2.43. The molecule has 1 spiro atoms. The molecular formula is C14H25F3N2O. The van der Waals surface area contributed by atoms with Crippen molar-refractivity contribution in [1.29, 1.82) is 0 Å². The van der Waals surface area contributed by atoms with Gasteiger partial charge in [0.2, 0.25) is 0 Å². The van der Waals surface area contributed by atoms with Crippen molar-refractivity contribution in [3.63, 3.8) is 0 Å². The molecule has 1 heterocycles. The molecule has 1 aliphatic heterocycles. The molecule has 1 saturated carbocycles. The molecular weight excluding hydrogens is 269 g/mol. The molecule has 2 aliphatic rings. The van der Waals surface area contributed by atoms with Crippen LogP contribution in [0.3, 0.4) is 0 Å². The molecule has 0 aromatic heterocycles. The van der Waals surface area contributed by atoms with Gasteiger partial charge in [-0.3, -0.25) is 9.64 Å². The Labute approximate surface area is 118 Å². The molecule has 2 fully saturated rings. The lowest BCUT2D eigenvalue weighted by Crippen LogP contribution is -2.69. The Hall–Kier alpha value is -0.330. The SMILES string of the molecule is CC1(C)CNC2(CCCCC2)CN1CCOC(F)(F)F. The number of ether oxygens (including phenoxy) is 1. The number of rotatable bonds is 3. The van der Waals surface area contributed by atoms with Crippen LogP contribution in [0.1, 0.15) is 46.0 Å². The predicted molar refractivity (Wildman–Crippen MR) is 71.5 cm³/mol. The second-order valence-electron chi connectivity index (χ2n) is 6.72. The van der Waals surface area contributed by atoms with Crippen LogP contribution in [0.15, 0.2) is 0 Å². The van der Waals surface area contributed by atoms with Gasteiger partial charge < -0.3 is 5.32 Å². The number of nitrogens with one attached hydrogen (secondary N) is 1. The molecule has 2 rings (SSSR count). The van der Waals surface area contributed by atoms with E-state index in [0.29, 0.717) is 6.54 Å². The molecule has 0 unspecified atom stereocenters. The van der Waals surface area contributed by atoms with Gasteiger partial charge in [-0.2, -0.15) is 0 Å². The first-order valence-corrected chi connectivity index (χ1v) is 7.43. The fourth-order valence-electron chi connectivity index (χ4n) is 3.37. The molecule has 0 amide bonds. The standard InChI is InChI=1S/C14H25F3N2O/c1-12(2)10-18-13(6-4-3-5-7-13)11-19(12)8-9-20-14(15,16)17/h18H,3-11H2,1-2H3. The summed E-state index contributed by atoms with van der Waals surface area (Å²) in [7, 11) is 0. The molecule has 1 saturated heterocycles. The molecule has 20 heavy (non-hydrogen) atoms. The molecule has 0 atom stereocenters. The number of alkyl halides is 3. The topological polar surface area (TPSA) is 24.5 Å². The number of nitrogens with zero attached hydrogens (tertiary/aromatic N) is 1. The van der Waals surface area contributed by atoms with Gasteiger partial charge in [0.1, 0.15) is 0 Å². The lowest BCUT2D eigenvalue weighted by atomic mass is 9.78. The van der Waals surface area contributed by atoms with Crippen molar-refractivity contribution in [3.05, 3.63) is 0 Å². The van der Waals surface area contributed by atoms with Crippen LogP contribution in [0.2, 0.25) is 0 Å². The van der Waals surface area contributed by atoms with Gasteiger partial charge >= 0.3 is 6.36 Å². The maximum atomic E-state index is 12.1. The molecule has 118 valence electrons. The van der Waals surface area contributed by atoms with E-state index in [4.69, 9.17) is 0 Å². The summed E-state index contributed by atoms with van der Waals surface area (Å²) >= 11 is 0. The Morgan fingerprint density at radius 2 is 1.80 bits per heavy atom. The molecule has 6 heteroatoms. The van der Waals surface area contributed by atoms with Crippen molar-refractivity contribution >= 4 is 0 Å². The molecule has 1 N–H and O–H groups in total. The summed E-state index contributed by atoms with van der Waals surface area (Å²) in [5, 5.41) is 3.66. The summed E-state index contributed by atoms with van der Waals surface area (Å²) in [6.07, 6.45) is 1.41. The summed E-state index contributed by atoms with van der Waals surface area (Å²) in [6, 6.07) is 0. The molecule has 0 aromatic rings. The predicted octanol–water partition coefficient (Wildman–Crippen LogP) is 2.91. The van der Waals surface area contributed by atoms with Crippen molar-refractivity contribution in [2.24, 2.45) is 0 Å². The lowest BCUT2D eigenvalue weighted by Gasteiger charge is -2.53. The van der Waals surface area contributed by atoms with Gasteiger partial charge in [-0.15, -0.1) is 13.2 Å². The Bertz CT molecular complexity index is 325. The minimum atomic E-state index is -4.53. The second-order valence-corrected chi connectivity index (χ2v) is 6.72. The summed E-state index contributed by atoms with van der Waals surface area (Å²) < 4.78 is 40.2. The van der Waals surface area contributed by atoms with Crippen LogP contribution in [-0.4, -0.2) is 48.6 Å². The second kappa shape index (κ2) is 5.81. The average molecular weight is 294 g/mol. The minimum Gasteiger partial charge on any atom is -0.308 e. The summed E-state index contributed by atoms with van der Waals surface area (Å²) in [4.78, 5) is 2.15. The number of hydrogen-bond donors (Lipinski definition) is 1. The lowest BCUT2D eigenvalue weighted by molar-refractivity contribution is -0.325. The number of hydrogen-bond acceptors (Lipinski definition) is 3. The van der Waals surface area contributed by atoms with Crippen LogP contribution in [0.25, 0.3) is 0 Å². The van der Waals surface area contributed by atoms with Gasteiger partial charge in [-0.1, -0.05) is 19.3 Å². The fourth-order valence-corrected chi connectivity index (χ4v) is 3.37. The third kappa shape index (κ3) is 4.09. The van der Waals surface area contributed by atoms with E-state index in [1.165, 1.54) is 19.3 Å².